The Labute approximate surface area is 381 Å². The second-order valence-electron chi connectivity index (χ2n) is 18.4. The van der Waals surface area contributed by atoms with Crippen LogP contribution in [0.2, 0.25) is 0 Å². The monoisotopic (exact) mass is 923 g/mol. The molecule has 1 unspecified atom stereocenters. The zero-order chi connectivity index (χ0) is 45.9. The topological polar surface area (TPSA) is 154 Å². The Bertz CT molecular complexity index is 2820. The molecular weight excluding hydrogens is 872 g/mol. The Balaban J connectivity index is 0.731. The van der Waals surface area contributed by atoms with Crippen molar-refractivity contribution in [3.05, 3.63) is 107 Å². The second-order valence-corrected chi connectivity index (χ2v) is 20.0. The lowest BCUT2D eigenvalue weighted by Gasteiger charge is -2.43. The molecule has 0 spiro atoms. The number of imide groups is 1. The first kappa shape index (κ1) is 43.9. The van der Waals surface area contributed by atoms with Crippen molar-refractivity contribution >= 4 is 56.0 Å². The molecule has 3 aromatic carbocycles. The Kier molecular flexibility index (Phi) is 11.8. The van der Waals surface area contributed by atoms with Crippen molar-refractivity contribution in [1.82, 2.24) is 29.4 Å². The zero-order valence-corrected chi connectivity index (χ0v) is 37.4. The van der Waals surface area contributed by atoms with Crippen LogP contribution < -0.4 is 19.8 Å². The van der Waals surface area contributed by atoms with Crippen molar-refractivity contribution in [3.63, 3.8) is 0 Å². The number of nitrogens with zero attached hydrogens (tertiary/aromatic N) is 6. The van der Waals surface area contributed by atoms with E-state index in [0.717, 1.165) is 96.6 Å². The van der Waals surface area contributed by atoms with Crippen LogP contribution in [0.4, 0.5) is 30.2 Å². The Hall–Kier alpha value is -5.98. The maximum atomic E-state index is 15.8. The molecule has 18 heteroatoms. The van der Waals surface area contributed by atoms with E-state index in [0.29, 0.717) is 47.1 Å². The quantitative estimate of drug-likeness (QED) is 0.136. The van der Waals surface area contributed by atoms with Gasteiger partial charge in [0.2, 0.25) is 11.8 Å². The lowest BCUT2D eigenvalue weighted by molar-refractivity contribution is -0.136. The van der Waals surface area contributed by atoms with Gasteiger partial charge in [0.1, 0.15) is 23.7 Å². The van der Waals surface area contributed by atoms with Crippen LogP contribution in [-0.2, 0) is 32.8 Å². The first-order valence-corrected chi connectivity index (χ1v) is 24.2. The first-order chi connectivity index (χ1) is 31.8. The van der Waals surface area contributed by atoms with E-state index in [2.05, 4.69) is 72.0 Å². The van der Waals surface area contributed by atoms with Gasteiger partial charge in [-0.15, -0.1) is 0 Å². The van der Waals surface area contributed by atoms with Gasteiger partial charge in [0, 0.05) is 124 Å². The van der Waals surface area contributed by atoms with Crippen molar-refractivity contribution in [2.24, 2.45) is 5.92 Å². The van der Waals surface area contributed by atoms with E-state index >= 15 is 8.78 Å². The number of aromatic nitrogens is 2. The van der Waals surface area contributed by atoms with Crippen LogP contribution in [0.3, 0.4) is 0 Å². The molecule has 5 aliphatic heterocycles. The lowest BCUT2D eigenvalue weighted by atomic mass is 9.94. The van der Waals surface area contributed by atoms with Gasteiger partial charge in [0.05, 0.1) is 5.69 Å². The van der Waals surface area contributed by atoms with Crippen LogP contribution >= 0.6 is 0 Å². The van der Waals surface area contributed by atoms with Gasteiger partial charge in [-0.05, 0) is 104 Å². The Morgan fingerprint density at radius 1 is 0.848 bits per heavy atom. The molecule has 3 atom stereocenters. The summed E-state index contributed by atoms with van der Waals surface area (Å²) in [6.45, 7) is 7.99. The molecule has 0 radical (unpaired) electrons. The molecule has 0 saturated carbocycles. The molecule has 0 bridgehead atoms. The molecule has 3 amide bonds. The molecule has 346 valence electrons. The molecular formula is C48H52F3N9O5S. The van der Waals surface area contributed by atoms with Crippen molar-refractivity contribution in [1.29, 1.82) is 0 Å². The highest BCUT2D eigenvalue weighted by Gasteiger charge is 2.40. The van der Waals surface area contributed by atoms with Crippen LogP contribution in [0.1, 0.15) is 66.1 Å². The number of hydrogen-bond acceptors (Lipinski definition) is 9. The highest BCUT2D eigenvalue weighted by molar-refractivity contribution is 7.90. The van der Waals surface area contributed by atoms with Crippen LogP contribution in [-0.4, -0.2) is 121 Å². The fourth-order valence-electron chi connectivity index (χ4n) is 10.3. The minimum absolute atomic E-state index is 0.0244. The normalized spacial score (nSPS) is 22.4. The molecule has 3 N–H and O–H groups in total. The molecule has 10 rings (SSSR count). The number of hydrogen-bond donors (Lipinski definition) is 3. The van der Waals surface area contributed by atoms with E-state index in [9.17, 15) is 27.2 Å². The molecule has 4 fully saturated rings. The molecule has 2 aromatic heterocycles. The summed E-state index contributed by atoms with van der Waals surface area (Å²) in [6, 6.07) is 18.1. The third-order valence-electron chi connectivity index (χ3n) is 14.2. The van der Waals surface area contributed by atoms with Gasteiger partial charge in [0.15, 0.2) is 5.82 Å². The summed E-state index contributed by atoms with van der Waals surface area (Å²) < 4.78 is 73.4. The average Bonchev–Trinajstić information content (AvgIpc) is 4.03. The van der Waals surface area contributed by atoms with Crippen LogP contribution in [0.15, 0.2) is 73.1 Å². The van der Waals surface area contributed by atoms with E-state index < -0.39 is 45.7 Å². The summed E-state index contributed by atoms with van der Waals surface area (Å²) in [5, 5.41) is 3.06. The third-order valence-corrected chi connectivity index (χ3v) is 15.6. The molecule has 14 nitrogen and oxygen atoms in total. The van der Waals surface area contributed by atoms with Crippen molar-refractivity contribution in [2.45, 2.75) is 70.2 Å². The molecule has 4 saturated heterocycles. The largest absolute Gasteiger partial charge is 0.372 e. The van der Waals surface area contributed by atoms with Crippen LogP contribution in [0.25, 0.3) is 22.2 Å². The maximum absolute atomic E-state index is 15.8. The number of piperidine rings is 2. The maximum Gasteiger partial charge on any atom is 0.301 e. The third kappa shape index (κ3) is 8.61. The summed E-state index contributed by atoms with van der Waals surface area (Å²) in [7, 11) is -4.23. The van der Waals surface area contributed by atoms with Gasteiger partial charge >= 0.3 is 10.2 Å². The number of piperazine rings is 1. The summed E-state index contributed by atoms with van der Waals surface area (Å²) in [4.78, 5) is 54.0. The van der Waals surface area contributed by atoms with Gasteiger partial charge in [-0.3, -0.25) is 29.3 Å². The lowest BCUT2D eigenvalue weighted by Crippen LogP contribution is -2.53. The highest BCUT2D eigenvalue weighted by atomic mass is 32.2. The number of H-pyrrole nitrogens is 1. The smallest absolute Gasteiger partial charge is 0.301 e. The van der Waals surface area contributed by atoms with Gasteiger partial charge in [0.25, 0.3) is 5.91 Å². The van der Waals surface area contributed by atoms with E-state index in [1.165, 1.54) is 0 Å². The van der Waals surface area contributed by atoms with Gasteiger partial charge in [-0.1, -0.05) is 12.1 Å². The number of halogens is 3. The summed E-state index contributed by atoms with van der Waals surface area (Å²) >= 11 is 0. The number of anilines is 3. The summed E-state index contributed by atoms with van der Waals surface area (Å²) in [5.74, 6) is -2.11. The number of rotatable bonds is 11. The number of nitrogens with one attached hydrogen (secondary N) is 3. The van der Waals surface area contributed by atoms with Gasteiger partial charge in [-0.25, -0.2) is 18.2 Å². The minimum Gasteiger partial charge on any atom is -0.372 e. The zero-order valence-electron chi connectivity index (χ0n) is 36.6. The second kappa shape index (κ2) is 17.7. The van der Waals surface area contributed by atoms with E-state index in [1.807, 2.05) is 18.2 Å². The predicted octanol–water partition coefficient (Wildman–Crippen LogP) is 5.99. The standard InChI is InChI=1S/C48H52F3N9O5S/c1-29-25-58(19-18-57(29)26-30-12-15-56(16-13-30)37-6-7-38-34(20-37)27-60(48(38)63)43-10-11-44(61)54-47(43)62)36-4-2-31(3-5-36)32-21-39-33(24-53-46(39)52-23-32)22-40-41(50)8-9-42(45(40)51)55-66(64,65)59-17-14-35(49)28-59/h2-9,20-21,23-24,29-30,35,43,55H,10-19,22,25-28H2,1H3,(H,52,53)(H,54,61,62)/t29-,35-,43?/m1/s1. The van der Waals surface area contributed by atoms with Gasteiger partial charge in [-0.2, -0.15) is 12.7 Å². The predicted molar refractivity (Wildman–Crippen MR) is 245 cm³/mol. The average molecular weight is 924 g/mol. The van der Waals surface area contributed by atoms with E-state index in [-0.39, 0.29) is 49.7 Å². The van der Waals surface area contributed by atoms with Crippen LogP contribution in [0, 0.1) is 17.6 Å². The Morgan fingerprint density at radius 2 is 1.64 bits per heavy atom. The number of alkyl halides is 1. The number of amides is 3. The highest BCUT2D eigenvalue weighted by Crippen LogP contribution is 2.35. The molecule has 5 aromatic rings. The van der Waals surface area contributed by atoms with Crippen molar-refractivity contribution in [3.8, 4) is 11.1 Å². The number of pyridine rings is 1. The van der Waals surface area contributed by atoms with E-state index in [1.54, 1.807) is 17.3 Å². The fraction of sp³-hybridized carbons (Fsp3) is 0.417. The van der Waals surface area contributed by atoms with Gasteiger partial charge < -0.3 is 19.7 Å². The molecule has 5 aliphatic rings. The fourth-order valence-corrected chi connectivity index (χ4v) is 11.6. The SMILES string of the molecule is C[C@@H]1CN(c2ccc(-c3cnc4[nH]cc(Cc5c(F)ccc(NS(=O)(=O)N6CC[C@@H](F)C6)c5F)c4c3)cc2)CCN1CC1CCN(c2ccc3c(c2)CN(C2CCC(=O)NC2=O)C3=O)CC1. The Morgan fingerprint density at radius 3 is 2.38 bits per heavy atom. The number of benzene rings is 3. The van der Waals surface area contributed by atoms with E-state index in [4.69, 9.17) is 0 Å². The molecule has 0 aliphatic carbocycles. The van der Waals surface area contributed by atoms with Crippen molar-refractivity contribution < 1.29 is 36.0 Å². The molecule has 7 heterocycles. The summed E-state index contributed by atoms with van der Waals surface area (Å²) in [6.07, 6.45) is 4.75. The van der Waals surface area contributed by atoms with Crippen molar-refractivity contribution in [2.75, 3.05) is 66.9 Å². The number of carbonyl (C=O) groups is 3. The number of fused-ring (bicyclic) bond motifs is 2. The number of aromatic amines is 1. The molecule has 66 heavy (non-hydrogen) atoms. The first-order valence-electron chi connectivity index (χ1n) is 22.7. The number of carbonyl (C=O) groups excluding carboxylic acids is 3. The van der Waals surface area contributed by atoms with Crippen LogP contribution in [0.5, 0.6) is 0 Å². The minimum atomic E-state index is -4.23. The summed E-state index contributed by atoms with van der Waals surface area (Å²) in [5.41, 5.74) is 5.98.